The molecule has 7 heteroatoms. The Morgan fingerprint density at radius 2 is 2.18 bits per heavy atom. The molecule has 2 fully saturated rings. The van der Waals surface area contributed by atoms with E-state index in [4.69, 9.17) is 0 Å². The summed E-state index contributed by atoms with van der Waals surface area (Å²) in [5, 5.41) is 7.38. The third-order valence-corrected chi connectivity index (χ3v) is 4.15. The largest absolute Gasteiger partial charge is 0.358 e. The van der Waals surface area contributed by atoms with Crippen molar-refractivity contribution in [2.45, 2.75) is 31.2 Å². The molecule has 1 aliphatic carbocycles. The summed E-state index contributed by atoms with van der Waals surface area (Å²) in [5.74, 6) is 2.20. The summed E-state index contributed by atoms with van der Waals surface area (Å²) in [7, 11) is 1.85. The van der Waals surface area contributed by atoms with Gasteiger partial charge in [0.1, 0.15) is 17.7 Å². The van der Waals surface area contributed by atoms with Crippen LogP contribution in [-0.2, 0) is 11.8 Å². The van der Waals surface area contributed by atoms with Crippen LogP contribution in [0.15, 0.2) is 24.7 Å². The lowest BCUT2D eigenvalue weighted by Gasteiger charge is -2.15. The first-order valence-electron chi connectivity index (χ1n) is 7.60. The molecule has 22 heavy (non-hydrogen) atoms. The fourth-order valence-corrected chi connectivity index (χ4v) is 2.79. The van der Waals surface area contributed by atoms with Crippen LogP contribution in [0.2, 0.25) is 0 Å². The molecule has 1 saturated carbocycles. The fourth-order valence-electron chi connectivity index (χ4n) is 2.79. The van der Waals surface area contributed by atoms with Gasteiger partial charge in [-0.3, -0.25) is 9.48 Å². The minimum absolute atomic E-state index is 0.0691. The number of nitrogens with one attached hydrogen (secondary N) is 1. The van der Waals surface area contributed by atoms with Crippen LogP contribution in [-0.4, -0.2) is 38.2 Å². The van der Waals surface area contributed by atoms with E-state index in [-0.39, 0.29) is 11.9 Å². The number of aryl methyl sites for hydroxylation is 1. The van der Waals surface area contributed by atoms with E-state index in [1.54, 1.807) is 22.0 Å². The van der Waals surface area contributed by atoms with E-state index in [1.807, 2.05) is 19.3 Å². The molecule has 7 nitrogen and oxygen atoms in total. The van der Waals surface area contributed by atoms with E-state index in [1.165, 1.54) is 12.8 Å². The third-order valence-electron chi connectivity index (χ3n) is 4.15. The topological polar surface area (TPSA) is 75.9 Å². The second kappa shape index (κ2) is 5.08. The van der Waals surface area contributed by atoms with E-state index in [0.717, 1.165) is 23.8 Å². The van der Waals surface area contributed by atoms with Gasteiger partial charge in [0, 0.05) is 31.9 Å². The lowest BCUT2D eigenvalue weighted by molar-refractivity contribution is -0.117. The van der Waals surface area contributed by atoms with Gasteiger partial charge in [-0.2, -0.15) is 5.10 Å². The normalized spacial score (nSPS) is 21.4. The van der Waals surface area contributed by atoms with Gasteiger partial charge in [-0.05, 0) is 25.3 Å². The highest BCUT2D eigenvalue weighted by Crippen LogP contribution is 2.38. The van der Waals surface area contributed by atoms with E-state index in [2.05, 4.69) is 20.4 Å². The van der Waals surface area contributed by atoms with Crippen molar-refractivity contribution in [2.75, 3.05) is 16.8 Å². The van der Waals surface area contributed by atoms with Gasteiger partial charge in [-0.1, -0.05) is 0 Å². The van der Waals surface area contributed by atoms with Crippen LogP contribution in [0.5, 0.6) is 0 Å². The summed E-state index contributed by atoms with van der Waals surface area (Å²) in [6.45, 7) is 0.697. The smallest absolute Gasteiger partial charge is 0.249 e. The average Bonchev–Trinajstić information content (AvgIpc) is 3.20. The molecule has 4 rings (SSSR count). The van der Waals surface area contributed by atoms with Gasteiger partial charge in [0.05, 0.1) is 11.9 Å². The lowest BCUT2D eigenvalue weighted by Crippen LogP contribution is -2.33. The minimum Gasteiger partial charge on any atom is -0.358 e. The number of aromatic nitrogens is 4. The van der Waals surface area contributed by atoms with Gasteiger partial charge in [-0.15, -0.1) is 0 Å². The van der Waals surface area contributed by atoms with E-state index in [0.29, 0.717) is 12.5 Å². The number of carbonyl (C=O) groups is 1. The van der Waals surface area contributed by atoms with Crippen molar-refractivity contribution in [1.82, 2.24) is 19.7 Å². The Kier molecular flexibility index (Phi) is 3.06. The number of amides is 1. The molecule has 0 bridgehead atoms. The van der Waals surface area contributed by atoms with E-state index in [9.17, 15) is 4.79 Å². The molecule has 2 aromatic rings. The maximum absolute atomic E-state index is 12.5. The minimum atomic E-state index is -0.234. The second-order valence-electron chi connectivity index (χ2n) is 5.92. The first kappa shape index (κ1) is 13.2. The van der Waals surface area contributed by atoms with Crippen LogP contribution in [0.25, 0.3) is 0 Å². The third kappa shape index (κ3) is 2.43. The van der Waals surface area contributed by atoms with E-state index < -0.39 is 0 Å². The molecule has 114 valence electrons. The Balaban J connectivity index is 1.47. The van der Waals surface area contributed by atoms with Gasteiger partial charge in [-0.25, -0.2) is 9.97 Å². The number of carbonyl (C=O) groups excluding carboxylic acids is 1. The number of anilines is 2. The van der Waals surface area contributed by atoms with Crippen molar-refractivity contribution in [3.8, 4) is 0 Å². The van der Waals surface area contributed by atoms with Gasteiger partial charge < -0.3 is 10.2 Å². The Morgan fingerprint density at radius 1 is 1.32 bits per heavy atom. The molecule has 0 aromatic carbocycles. The molecule has 1 unspecified atom stereocenters. The summed E-state index contributed by atoms with van der Waals surface area (Å²) in [6.07, 6.45) is 8.44. The van der Waals surface area contributed by atoms with Crippen molar-refractivity contribution in [3.05, 3.63) is 30.5 Å². The van der Waals surface area contributed by atoms with Crippen molar-refractivity contribution < 1.29 is 4.79 Å². The van der Waals surface area contributed by atoms with Crippen LogP contribution in [0, 0.1) is 0 Å². The second-order valence-corrected chi connectivity index (χ2v) is 5.92. The highest BCUT2D eigenvalue weighted by atomic mass is 16.2. The van der Waals surface area contributed by atoms with Crippen LogP contribution in [0.4, 0.5) is 11.5 Å². The predicted octanol–water partition coefficient (Wildman–Crippen LogP) is 1.30. The molecule has 1 atom stereocenters. The molecule has 1 N–H and O–H groups in total. The lowest BCUT2D eigenvalue weighted by atomic mass is 10.2. The average molecular weight is 298 g/mol. The molecule has 2 aromatic heterocycles. The van der Waals surface area contributed by atoms with Crippen LogP contribution < -0.4 is 10.2 Å². The maximum atomic E-state index is 12.5. The van der Waals surface area contributed by atoms with Gasteiger partial charge in [0.25, 0.3) is 0 Å². The zero-order valence-corrected chi connectivity index (χ0v) is 12.4. The van der Waals surface area contributed by atoms with Crippen LogP contribution >= 0.6 is 0 Å². The molecule has 0 spiro atoms. The maximum Gasteiger partial charge on any atom is 0.249 e. The van der Waals surface area contributed by atoms with Gasteiger partial charge in [0.2, 0.25) is 5.91 Å². The highest BCUT2D eigenvalue weighted by molar-refractivity contribution is 6.00. The molecule has 0 radical (unpaired) electrons. The molecule has 3 heterocycles. The van der Waals surface area contributed by atoms with Gasteiger partial charge >= 0.3 is 0 Å². The van der Waals surface area contributed by atoms with Crippen molar-refractivity contribution in [1.29, 1.82) is 0 Å². The molecule has 1 saturated heterocycles. The molecular formula is C15H18N6O. The molecule has 1 aliphatic heterocycles. The molecular weight excluding hydrogens is 280 g/mol. The first-order chi connectivity index (χ1) is 10.7. The molecule has 1 amide bonds. The Bertz CT molecular complexity index is 708. The summed E-state index contributed by atoms with van der Waals surface area (Å²) < 4.78 is 1.70. The number of rotatable bonds is 4. The fraction of sp³-hybridized carbons (Fsp3) is 0.467. The number of hydrogen-bond acceptors (Lipinski definition) is 5. The number of nitrogens with zero attached hydrogens (tertiary/aromatic N) is 5. The van der Waals surface area contributed by atoms with Crippen LogP contribution in [0.1, 0.15) is 31.0 Å². The monoisotopic (exact) mass is 298 g/mol. The summed E-state index contributed by atoms with van der Waals surface area (Å²) >= 11 is 0. The Morgan fingerprint density at radius 3 is 2.91 bits per heavy atom. The zero-order valence-electron chi connectivity index (χ0n) is 12.4. The highest BCUT2D eigenvalue weighted by Gasteiger charge is 2.33. The van der Waals surface area contributed by atoms with Gasteiger partial charge in [0.15, 0.2) is 0 Å². The van der Waals surface area contributed by atoms with Crippen molar-refractivity contribution in [3.63, 3.8) is 0 Å². The van der Waals surface area contributed by atoms with E-state index >= 15 is 0 Å². The Hall–Kier alpha value is -2.44. The standard InChI is InChI=1S/C15H18N6O/c1-20-9-11(8-17-20)21-7-5-12(15(21)22)18-13-4-6-16-14(19-13)10-2-3-10/h4,6,8-10,12H,2-3,5,7H2,1H3,(H,16,18,19). The molecule has 2 aliphatic rings. The SMILES string of the molecule is Cn1cc(N2CCC(Nc3ccnc(C4CC4)n3)C2=O)cn1. The summed E-state index contributed by atoms with van der Waals surface area (Å²) in [6, 6.07) is 1.59. The Labute approximate surface area is 128 Å². The van der Waals surface area contributed by atoms with Crippen molar-refractivity contribution >= 4 is 17.4 Å². The zero-order chi connectivity index (χ0) is 15.1. The van der Waals surface area contributed by atoms with Crippen LogP contribution in [0.3, 0.4) is 0 Å². The summed E-state index contributed by atoms with van der Waals surface area (Å²) in [4.78, 5) is 23.1. The predicted molar refractivity (Wildman–Crippen MR) is 81.6 cm³/mol. The first-order valence-corrected chi connectivity index (χ1v) is 7.60. The number of hydrogen-bond donors (Lipinski definition) is 1. The summed E-state index contributed by atoms with van der Waals surface area (Å²) in [5.41, 5.74) is 0.846. The van der Waals surface area contributed by atoms with Crippen molar-refractivity contribution in [2.24, 2.45) is 7.05 Å². The quantitative estimate of drug-likeness (QED) is 0.921.